The Morgan fingerprint density at radius 2 is 0.830 bits per heavy atom. The summed E-state index contributed by atoms with van der Waals surface area (Å²) in [5.74, 6) is -0.160. The lowest BCUT2D eigenvalue weighted by Crippen LogP contribution is -2.50. The van der Waals surface area contributed by atoms with E-state index in [4.69, 9.17) is 0 Å². The van der Waals surface area contributed by atoms with Gasteiger partial charge >= 0.3 is 0 Å². The molecule has 1 amide bonds. The van der Waals surface area contributed by atoms with Crippen LogP contribution in [0, 0.1) is 0 Å². The Labute approximate surface area is 330 Å². The fourth-order valence-corrected chi connectivity index (χ4v) is 7.12. The van der Waals surface area contributed by atoms with Crippen molar-refractivity contribution in [3.8, 4) is 0 Å². The molecule has 5 heteroatoms. The second-order valence-electron chi connectivity index (χ2n) is 15.9. The van der Waals surface area contributed by atoms with Gasteiger partial charge in [0.1, 0.15) is 6.10 Å². The molecule has 5 nitrogen and oxygen atoms in total. The van der Waals surface area contributed by atoms with Gasteiger partial charge in [-0.3, -0.25) is 4.79 Å². The summed E-state index contributed by atoms with van der Waals surface area (Å²) >= 11 is 0. The van der Waals surface area contributed by atoms with Crippen LogP contribution in [-0.4, -0.2) is 46.1 Å². The van der Waals surface area contributed by atoms with Gasteiger partial charge in [-0.05, 0) is 70.6 Å². The van der Waals surface area contributed by atoms with Crippen molar-refractivity contribution in [2.24, 2.45) is 0 Å². The number of nitrogens with one attached hydrogen (secondary N) is 1. The van der Waals surface area contributed by atoms with Gasteiger partial charge in [0.2, 0.25) is 5.91 Å². The minimum Gasteiger partial charge on any atom is -0.394 e. The number of allylic oxidation sites excluding steroid dienone is 6. The summed E-state index contributed by atoms with van der Waals surface area (Å²) in [6.45, 7) is 4.04. The molecule has 0 fully saturated rings. The second kappa shape index (κ2) is 43.3. The number of unbranched alkanes of at least 4 members (excludes halogenated alkanes) is 28. The SMILES string of the molecule is CC/C=C/CC/C=C/CCCC(O)C(O)C(CO)NC(=O)CCCCCCCCCCCCCCCC/C=C\CCCCCCCCCCCCCC. The lowest BCUT2D eigenvalue weighted by Gasteiger charge is -2.26. The van der Waals surface area contributed by atoms with E-state index in [1.54, 1.807) is 0 Å². The molecule has 0 aromatic heterocycles. The lowest BCUT2D eigenvalue weighted by atomic mass is 10.0. The molecule has 53 heavy (non-hydrogen) atoms. The van der Waals surface area contributed by atoms with E-state index in [9.17, 15) is 20.1 Å². The van der Waals surface area contributed by atoms with Gasteiger partial charge in [0.15, 0.2) is 0 Å². The zero-order valence-corrected chi connectivity index (χ0v) is 35.4. The first-order chi connectivity index (χ1) is 26.1. The zero-order valence-electron chi connectivity index (χ0n) is 35.4. The molecular formula is C48H91NO4. The molecule has 3 atom stereocenters. The summed E-state index contributed by atoms with van der Waals surface area (Å²) in [6, 6.07) is -0.829. The second-order valence-corrected chi connectivity index (χ2v) is 15.9. The van der Waals surface area contributed by atoms with Crippen molar-refractivity contribution in [2.45, 2.75) is 257 Å². The van der Waals surface area contributed by atoms with E-state index in [0.717, 1.165) is 51.4 Å². The van der Waals surface area contributed by atoms with E-state index in [2.05, 4.69) is 55.6 Å². The van der Waals surface area contributed by atoms with Gasteiger partial charge < -0.3 is 20.6 Å². The van der Waals surface area contributed by atoms with Crippen molar-refractivity contribution in [1.82, 2.24) is 5.32 Å². The van der Waals surface area contributed by atoms with Crippen molar-refractivity contribution in [2.75, 3.05) is 6.61 Å². The predicted octanol–water partition coefficient (Wildman–Crippen LogP) is 13.5. The fraction of sp³-hybridized carbons (Fsp3) is 0.854. The summed E-state index contributed by atoms with van der Waals surface area (Å²) in [6.07, 6.45) is 54.4. The number of hydrogen-bond acceptors (Lipinski definition) is 4. The van der Waals surface area contributed by atoms with Crippen molar-refractivity contribution >= 4 is 5.91 Å². The highest BCUT2D eigenvalue weighted by atomic mass is 16.3. The van der Waals surface area contributed by atoms with Crippen molar-refractivity contribution in [1.29, 1.82) is 0 Å². The Morgan fingerprint density at radius 1 is 0.472 bits per heavy atom. The molecule has 0 saturated carbocycles. The summed E-state index contributed by atoms with van der Waals surface area (Å²) < 4.78 is 0. The first kappa shape index (κ1) is 51.6. The fourth-order valence-electron chi connectivity index (χ4n) is 7.12. The lowest BCUT2D eigenvalue weighted by molar-refractivity contribution is -0.124. The van der Waals surface area contributed by atoms with Gasteiger partial charge in [-0.2, -0.15) is 0 Å². The maximum absolute atomic E-state index is 12.4. The third-order valence-electron chi connectivity index (χ3n) is 10.7. The Kier molecular flexibility index (Phi) is 42.1. The van der Waals surface area contributed by atoms with Gasteiger partial charge in [0, 0.05) is 6.42 Å². The standard InChI is InChI=1S/C48H91NO4/c1-3-5-7-9-11-13-14-15-16-17-18-19-20-21-22-23-24-25-26-27-28-29-30-31-32-33-35-37-39-41-43-47(52)49-45(44-50)48(53)46(51)42-40-38-36-34-12-10-8-6-4-2/h6,8,21-22,34,36,45-46,48,50-51,53H,3-5,7,9-20,23-33,35,37-44H2,1-2H3,(H,49,52)/b8-6+,22-21-,36-34+. The molecule has 0 saturated heterocycles. The van der Waals surface area contributed by atoms with Crippen molar-refractivity contribution in [3.05, 3.63) is 36.5 Å². The molecule has 0 aliphatic carbocycles. The van der Waals surface area contributed by atoms with Crippen LogP contribution in [0.25, 0.3) is 0 Å². The van der Waals surface area contributed by atoms with Crippen LogP contribution in [0.15, 0.2) is 36.5 Å². The van der Waals surface area contributed by atoms with Gasteiger partial charge in [-0.1, -0.05) is 198 Å². The smallest absolute Gasteiger partial charge is 0.220 e. The number of carbonyl (C=O) groups is 1. The number of hydrogen-bond donors (Lipinski definition) is 4. The number of amides is 1. The van der Waals surface area contributed by atoms with E-state index in [1.165, 1.54) is 161 Å². The van der Waals surface area contributed by atoms with E-state index >= 15 is 0 Å². The molecular weight excluding hydrogens is 655 g/mol. The average molecular weight is 746 g/mol. The van der Waals surface area contributed by atoms with Gasteiger partial charge in [-0.15, -0.1) is 0 Å². The maximum Gasteiger partial charge on any atom is 0.220 e. The van der Waals surface area contributed by atoms with Crippen LogP contribution in [0.3, 0.4) is 0 Å². The first-order valence-corrected chi connectivity index (χ1v) is 23.3. The minimum atomic E-state index is -1.16. The topological polar surface area (TPSA) is 89.8 Å². The molecule has 0 radical (unpaired) electrons. The van der Waals surface area contributed by atoms with Crippen LogP contribution in [-0.2, 0) is 4.79 Å². The van der Waals surface area contributed by atoms with Gasteiger partial charge in [0.25, 0.3) is 0 Å². The minimum absolute atomic E-state index is 0.160. The summed E-state index contributed by atoms with van der Waals surface area (Å²) in [5, 5.41) is 33.3. The molecule has 0 aliphatic heterocycles. The highest BCUT2D eigenvalue weighted by Crippen LogP contribution is 2.16. The molecule has 0 bridgehead atoms. The highest BCUT2D eigenvalue weighted by molar-refractivity contribution is 5.76. The summed E-state index contributed by atoms with van der Waals surface area (Å²) in [5.41, 5.74) is 0. The van der Waals surface area contributed by atoms with E-state index < -0.39 is 18.2 Å². The van der Waals surface area contributed by atoms with Crippen LogP contribution in [0.2, 0.25) is 0 Å². The van der Waals surface area contributed by atoms with Crippen molar-refractivity contribution in [3.63, 3.8) is 0 Å². The normalized spacial score (nSPS) is 13.8. The summed E-state index contributed by atoms with van der Waals surface area (Å²) in [7, 11) is 0. The molecule has 0 rings (SSSR count). The Hall–Kier alpha value is -1.43. The molecule has 0 aromatic rings. The van der Waals surface area contributed by atoms with Crippen LogP contribution < -0.4 is 5.32 Å². The largest absolute Gasteiger partial charge is 0.394 e. The first-order valence-electron chi connectivity index (χ1n) is 23.3. The maximum atomic E-state index is 12.4. The predicted molar refractivity (Wildman–Crippen MR) is 231 cm³/mol. The third kappa shape index (κ3) is 38.6. The van der Waals surface area contributed by atoms with E-state index in [1.807, 2.05) is 0 Å². The Morgan fingerprint density at radius 3 is 1.25 bits per heavy atom. The molecule has 3 unspecified atom stereocenters. The number of rotatable bonds is 42. The zero-order chi connectivity index (χ0) is 38.7. The van der Waals surface area contributed by atoms with Crippen molar-refractivity contribution < 1.29 is 20.1 Å². The van der Waals surface area contributed by atoms with Crippen LogP contribution in [0.1, 0.15) is 239 Å². The molecule has 0 heterocycles. The number of carbonyl (C=O) groups excluding carboxylic acids is 1. The number of aliphatic hydroxyl groups is 3. The Bertz CT molecular complexity index is 824. The molecule has 0 aliphatic rings. The molecule has 312 valence electrons. The van der Waals surface area contributed by atoms with Crippen LogP contribution in [0.4, 0.5) is 0 Å². The van der Waals surface area contributed by atoms with E-state index in [-0.39, 0.29) is 12.5 Å². The Balaban J connectivity index is 3.49. The molecule has 0 aromatic carbocycles. The molecule has 0 spiro atoms. The highest BCUT2D eigenvalue weighted by Gasteiger charge is 2.26. The monoisotopic (exact) mass is 746 g/mol. The summed E-state index contributed by atoms with van der Waals surface area (Å²) in [4.78, 5) is 12.4. The quantitative estimate of drug-likeness (QED) is 0.0370. The van der Waals surface area contributed by atoms with Crippen LogP contribution in [0.5, 0.6) is 0 Å². The molecule has 4 N–H and O–H groups in total. The average Bonchev–Trinajstić information content (AvgIpc) is 3.16. The van der Waals surface area contributed by atoms with Crippen LogP contribution >= 0.6 is 0 Å². The number of aliphatic hydroxyl groups excluding tert-OH is 3. The third-order valence-corrected chi connectivity index (χ3v) is 10.7. The van der Waals surface area contributed by atoms with Gasteiger partial charge in [-0.25, -0.2) is 0 Å². The van der Waals surface area contributed by atoms with E-state index in [0.29, 0.717) is 12.8 Å². The van der Waals surface area contributed by atoms with Gasteiger partial charge in [0.05, 0.1) is 18.8 Å².